The number of nitrogens with zero attached hydrogens (tertiary/aromatic N) is 1. The summed E-state index contributed by atoms with van der Waals surface area (Å²) in [6, 6.07) is 9.00. The number of nitrogens with two attached hydrogens (primary N) is 1. The number of hydrogen-bond donors (Lipinski definition) is 1. The summed E-state index contributed by atoms with van der Waals surface area (Å²) in [5.41, 5.74) is 9.42. The molecule has 1 aliphatic heterocycles. The van der Waals surface area contributed by atoms with Gasteiger partial charge in [0.2, 0.25) is 12.7 Å². The molecule has 32 heavy (non-hydrogen) atoms. The van der Waals surface area contributed by atoms with Crippen molar-refractivity contribution >= 4 is 34.2 Å². The molecule has 0 unspecified atom stereocenters. The molecule has 1 aromatic heterocycles. The highest BCUT2D eigenvalue weighted by Gasteiger charge is 2.32. The summed E-state index contributed by atoms with van der Waals surface area (Å²) in [7, 11) is 0. The minimum atomic E-state index is -0.496. The molecule has 1 aliphatic carbocycles. The first-order valence-electron chi connectivity index (χ1n) is 11.0. The number of fused-ring (bicyclic) bond motifs is 2. The summed E-state index contributed by atoms with van der Waals surface area (Å²) < 4.78 is 13.1. The number of carbonyl (C=O) groups excluding carboxylic acids is 2. The predicted molar refractivity (Wildman–Crippen MR) is 123 cm³/mol. The van der Waals surface area contributed by atoms with E-state index in [2.05, 4.69) is 11.5 Å². The van der Waals surface area contributed by atoms with Gasteiger partial charge in [-0.3, -0.25) is 9.59 Å². The maximum absolute atomic E-state index is 13.5. The van der Waals surface area contributed by atoms with Crippen molar-refractivity contribution in [1.29, 1.82) is 0 Å². The maximum Gasteiger partial charge on any atom is 0.248 e. The van der Waals surface area contributed by atoms with Crippen molar-refractivity contribution in [1.82, 2.24) is 4.57 Å². The number of benzene rings is 2. The first-order valence-corrected chi connectivity index (χ1v) is 11.4. The van der Waals surface area contributed by atoms with Crippen LogP contribution in [0.25, 0.3) is 10.9 Å². The van der Waals surface area contributed by atoms with Gasteiger partial charge in [-0.05, 0) is 43.0 Å². The quantitative estimate of drug-likeness (QED) is 0.505. The fraction of sp³-hybridized carbons (Fsp3) is 0.360. The van der Waals surface area contributed by atoms with Crippen molar-refractivity contribution in [3.8, 4) is 11.5 Å². The molecule has 0 radical (unpaired) electrons. The molecule has 1 amide bonds. The van der Waals surface area contributed by atoms with Crippen LogP contribution in [0.1, 0.15) is 64.6 Å². The Morgan fingerprint density at radius 1 is 1.16 bits per heavy atom. The number of halogens is 1. The fourth-order valence-electron chi connectivity index (χ4n) is 4.63. The Kier molecular flexibility index (Phi) is 5.33. The number of rotatable bonds is 7. The first-order chi connectivity index (χ1) is 15.5. The van der Waals surface area contributed by atoms with Gasteiger partial charge in [-0.15, -0.1) is 0 Å². The van der Waals surface area contributed by atoms with Crippen LogP contribution in [0.15, 0.2) is 30.3 Å². The van der Waals surface area contributed by atoms with E-state index in [1.165, 1.54) is 0 Å². The highest BCUT2D eigenvalue weighted by atomic mass is 35.5. The standard InChI is InChI=1S/C25H25ClN2O4/c1-2-4-19-23(24(29)14-5-3-6-14)17-8-7-15(25(27)30)9-20(17)28(19)12-16-10-21-22(11-18(16)26)32-13-31-21/h7-11,14H,2-6,12-13H2,1H3,(H2,27,30). The number of Topliss-reactive ketones (excluding diaryl/α,β-unsaturated/α-hetero) is 1. The molecule has 2 N–H and O–H groups in total. The van der Waals surface area contributed by atoms with E-state index in [1.54, 1.807) is 18.2 Å². The highest BCUT2D eigenvalue weighted by molar-refractivity contribution is 6.31. The van der Waals surface area contributed by atoms with Gasteiger partial charge in [0, 0.05) is 45.8 Å². The summed E-state index contributed by atoms with van der Waals surface area (Å²) in [5.74, 6) is 1.06. The predicted octanol–water partition coefficient (Wildman–Crippen LogP) is 5.11. The van der Waals surface area contributed by atoms with Crippen molar-refractivity contribution in [3.05, 3.63) is 57.7 Å². The number of aromatic nitrogens is 1. The Hall–Kier alpha value is -2.99. The second-order valence-electron chi connectivity index (χ2n) is 8.54. The van der Waals surface area contributed by atoms with E-state index in [0.29, 0.717) is 28.6 Å². The largest absolute Gasteiger partial charge is 0.454 e. The van der Waals surface area contributed by atoms with Crippen molar-refractivity contribution in [3.63, 3.8) is 0 Å². The number of primary amides is 1. The molecule has 5 rings (SSSR count). The van der Waals surface area contributed by atoms with Gasteiger partial charge < -0.3 is 19.8 Å². The molecule has 6 nitrogen and oxygen atoms in total. The lowest BCUT2D eigenvalue weighted by Crippen LogP contribution is -2.23. The van der Waals surface area contributed by atoms with Crippen molar-refractivity contribution in [2.75, 3.05) is 6.79 Å². The molecule has 7 heteroatoms. The number of hydrogen-bond acceptors (Lipinski definition) is 4. The third-order valence-corrected chi connectivity index (χ3v) is 6.89. The van der Waals surface area contributed by atoms with Gasteiger partial charge in [0.1, 0.15) is 0 Å². The average Bonchev–Trinajstić information content (AvgIpc) is 3.29. The zero-order valence-electron chi connectivity index (χ0n) is 17.9. The Bertz CT molecular complexity index is 1240. The van der Waals surface area contributed by atoms with Crippen LogP contribution in [0.2, 0.25) is 5.02 Å². The zero-order valence-corrected chi connectivity index (χ0v) is 18.7. The summed E-state index contributed by atoms with van der Waals surface area (Å²) in [4.78, 5) is 25.4. The number of ketones is 1. The topological polar surface area (TPSA) is 83.6 Å². The molecular weight excluding hydrogens is 428 g/mol. The summed E-state index contributed by atoms with van der Waals surface area (Å²) in [6.45, 7) is 2.72. The Morgan fingerprint density at radius 2 is 1.91 bits per heavy atom. The van der Waals surface area contributed by atoms with Gasteiger partial charge in [-0.1, -0.05) is 37.4 Å². The van der Waals surface area contributed by atoms with Crippen LogP contribution >= 0.6 is 11.6 Å². The van der Waals surface area contributed by atoms with Crippen LogP contribution in [0, 0.1) is 5.92 Å². The Morgan fingerprint density at radius 3 is 2.56 bits per heavy atom. The van der Waals surface area contributed by atoms with Crippen LogP contribution < -0.4 is 15.2 Å². The van der Waals surface area contributed by atoms with Gasteiger partial charge in [-0.25, -0.2) is 0 Å². The third-order valence-electron chi connectivity index (χ3n) is 6.54. The lowest BCUT2D eigenvalue weighted by Gasteiger charge is -2.24. The summed E-state index contributed by atoms with van der Waals surface area (Å²) >= 11 is 6.58. The van der Waals surface area contributed by atoms with Gasteiger partial charge in [-0.2, -0.15) is 0 Å². The highest BCUT2D eigenvalue weighted by Crippen LogP contribution is 2.39. The Labute approximate surface area is 191 Å². The van der Waals surface area contributed by atoms with Crippen LogP contribution in [0.3, 0.4) is 0 Å². The monoisotopic (exact) mass is 452 g/mol. The number of amides is 1. The number of ether oxygens (including phenoxy) is 2. The molecule has 0 atom stereocenters. The second kappa shape index (κ2) is 8.17. The molecule has 0 spiro atoms. The van der Waals surface area contributed by atoms with E-state index >= 15 is 0 Å². The van der Waals surface area contributed by atoms with E-state index in [9.17, 15) is 9.59 Å². The van der Waals surface area contributed by atoms with Crippen LogP contribution in [-0.4, -0.2) is 23.1 Å². The molecule has 3 aromatic rings. The van der Waals surface area contributed by atoms with Crippen LogP contribution in [0.4, 0.5) is 0 Å². The normalized spacial score (nSPS) is 15.2. The van der Waals surface area contributed by atoms with Crippen LogP contribution in [-0.2, 0) is 13.0 Å². The minimum Gasteiger partial charge on any atom is -0.454 e. The van der Waals surface area contributed by atoms with Crippen LogP contribution in [0.5, 0.6) is 11.5 Å². The molecule has 2 heterocycles. The summed E-state index contributed by atoms with van der Waals surface area (Å²) in [6.07, 6.45) is 4.60. The molecular formula is C25H25ClN2O4. The smallest absolute Gasteiger partial charge is 0.248 e. The van der Waals surface area contributed by atoms with Gasteiger partial charge in [0.15, 0.2) is 17.3 Å². The molecule has 0 saturated heterocycles. The van der Waals surface area contributed by atoms with Gasteiger partial charge in [0.25, 0.3) is 0 Å². The molecule has 166 valence electrons. The van der Waals surface area contributed by atoms with Gasteiger partial charge >= 0.3 is 0 Å². The lowest BCUT2D eigenvalue weighted by atomic mass is 9.79. The van der Waals surface area contributed by atoms with E-state index in [0.717, 1.165) is 59.8 Å². The maximum atomic E-state index is 13.5. The molecule has 2 aromatic carbocycles. The lowest BCUT2D eigenvalue weighted by molar-refractivity contribution is 0.0855. The molecule has 1 fully saturated rings. The number of carbonyl (C=O) groups is 2. The fourth-order valence-corrected chi connectivity index (χ4v) is 4.85. The van der Waals surface area contributed by atoms with Gasteiger partial charge in [0.05, 0.1) is 5.52 Å². The van der Waals surface area contributed by atoms with E-state index in [1.807, 2.05) is 12.1 Å². The second-order valence-corrected chi connectivity index (χ2v) is 8.95. The molecule has 2 aliphatic rings. The average molecular weight is 453 g/mol. The van der Waals surface area contributed by atoms with E-state index < -0.39 is 5.91 Å². The van der Waals surface area contributed by atoms with Crippen molar-refractivity contribution in [2.24, 2.45) is 11.7 Å². The van der Waals surface area contributed by atoms with Crippen molar-refractivity contribution < 1.29 is 19.1 Å². The Balaban J connectivity index is 1.70. The van der Waals surface area contributed by atoms with Crippen molar-refractivity contribution in [2.45, 2.75) is 45.6 Å². The molecule has 1 saturated carbocycles. The SMILES string of the molecule is CCCc1c(C(=O)C2CCC2)c2ccc(C(N)=O)cc2n1Cc1cc2c(cc1Cl)OCO2. The first kappa shape index (κ1) is 20.9. The zero-order chi connectivity index (χ0) is 22.4. The summed E-state index contributed by atoms with van der Waals surface area (Å²) in [5, 5.41) is 1.43. The minimum absolute atomic E-state index is 0.0783. The third kappa shape index (κ3) is 3.43. The van der Waals surface area contributed by atoms with E-state index in [4.69, 9.17) is 26.8 Å². The molecule has 0 bridgehead atoms. The van der Waals surface area contributed by atoms with E-state index in [-0.39, 0.29) is 18.5 Å².